The highest BCUT2D eigenvalue weighted by atomic mass is 19.1. The van der Waals surface area contributed by atoms with Crippen LogP contribution in [0.5, 0.6) is 28.7 Å². The van der Waals surface area contributed by atoms with Crippen molar-refractivity contribution in [1.29, 1.82) is 0 Å². The van der Waals surface area contributed by atoms with E-state index >= 15 is 0 Å². The molecule has 0 amide bonds. The number of benzene rings is 4. The predicted octanol–water partition coefficient (Wildman–Crippen LogP) is 6.18. The number of ether oxygens (including phenoxy) is 3. The van der Waals surface area contributed by atoms with E-state index in [0.717, 1.165) is 72.8 Å². The molecule has 3 atom stereocenters. The van der Waals surface area contributed by atoms with Gasteiger partial charge in [-0.05, 0) is 96.9 Å². The summed E-state index contributed by atoms with van der Waals surface area (Å²) in [5.74, 6) is 2.76. The second-order valence-electron chi connectivity index (χ2n) is 12.0. The number of fused-ring (bicyclic) bond motifs is 3. The summed E-state index contributed by atoms with van der Waals surface area (Å²) in [5.41, 5.74) is 6.89. The Balaban J connectivity index is 0.000000144. The Morgan fingerprint density at radius 2 is 1.82 bits per heavy atom. The van der Waals surface area contributed by atoms with Crippen LogP contribution in [0, 0.1) is 11.7 Å². The van der Waals surface area contributed by atoms with E-state index < -0.39 is 0 Å². The van der Waals surface area contributed by atoms with E-state index in [4.69, 9.17) is 14.2 Å². The van der Waals surface area contributed by atoms with E-state index in [0.29, 0.717) is 24.5 Å². The summed E-state index contributed by atoms with van der Waals surface area (Å²) in [5, 5.41) is 23.5. The van der Waals surface area contributed by atoms with Gasteiger partial charge in [-0.15, -0.1) is 0 Å². The molecule has 44 heavy (non-hydrogen) atoms. The number of phenols is 2. The average Bonchev–Trinajstić information content (AvgIpc) is 3.52. The molecule has 1 fully saturated rings. The smallest absolute Gasteiger partial charge is 0.231 e. The third-order valence-electron chi connectivity index (χ3n) is 9.44. The molecule has 0 aromatic heterocycles. The Morgan fingerprint density at radius 3 is 2.68 bits per heavy atom. The van der Waals surface area contributed by atoms with E-state index in [1.165, 1.54) is 28.8 Å². The molecule has 1 saturated heterocycles. The number of nitrogens with one attached hydrogen (secondary N) is 1. The third-order valence-corrected chi connectivity index (χ3v) is 9.44. The first-order valence-corrected chi connectivity index (χ1v) is 15.3. The standard InChI is InChI=1S/C19H20FNO3.C17H17NO2/c20-15-3-1-13(2-4-15)17-7-8-21-10-14(17)11-22-16-5-6-18-19(9-16)24-12-23-18;1-18-8-7-10-3-2-4-12-15(10)13(18)9-11-5-6-14(19)17(20)16(11)12/h1-6,9,14,17,21H,7-8,10-12H2;2-6,13,19-20H,7-9H2,1H3/t14-,17-;13-/m01/s1. The van der Waals surface area contributed by atoms with Crippen LogP contribution in [0.4, 0.5) is 4.39 Å². The van der Waals surface area contributed by atoms with Gasteiger partial charge in [0.2, 0.25) is 6.79 Å². The summed E-state index contributed by atoms with van der Waals surface area (Å²) in [6.45, 7) is 3.81. The molecule has 7 nitrogen and oxygen atoms in total. The van der Waals surface area contributed by atoms with Crippen LogP contribution in [0.25, 0.3) is 11.1 Å². The van der Waals surface area contributed by atoms with Crippen LogP contribution in [0.3, 0.4) is 0 Å². The van der Waals surface area contributed by atoms with Crippen LogP contribution in [0.2, 0.25) is 0 Å². The largest absolute Gasteiger partial charge is 0.504 e. The summed E-state index contributed by atoms with van der Waals surface area (Å²) in [7, 11) is 2.16. The first-order chi connectivity index (χ1) is 21.5. The molecule has 0 saturated carbocycles. The molecule has 3 N–H and O–H groups in total. The average molecular weight is 597 g/mol. The highest BCUT2D eigenvalue weighted by Crippen LogP contribution is 2.50. The summed E-state index contributed by atoms with van der Waals surface area (Å²) in [6, 6.07) is 22.7. The van der Waals surface area contributed by atoms with Gasteiger partial charge in [0, 0.05) is 36.7 Å². The molecule has 0 bridgehead atoms. The van der Waals surface area contributed by atoms with Gasteiger partial charge in [-0.3, -0.25) is 4.90 Å². The van der Waals surface area contributed by atoms with Crippen LogP contribution in [0.1, 0.15) is 40.6 Å². The lowest BCUT2D eigenvalue weighted by molar-refractivity contribution is 0.173. The first kappa shape index (κ1) is 28.5. The minimum atomic E-state index is -0.194. The zero-order chi connectivity index (χ0) is 30.2. The topological polar surface area (TPSA) is 83.4 Å². The Hall–Kier alpha value is -4.27. The summed E-state index contributed by atoms with van der Waals surface area (Å²) in [4.78, 5) is 2.39. The number of rotatable bonds is 4. The van der Waals surface area contributed by atoms with Crippen molar-refractivity contribution in [2.45, 2.75) is 31.2 Å². The van der Waals surface area contributed by atoms with Crippen molar-refractivity contribution in [3.8, 4) is 39.9 Å². The second kappa shape index (κ2) is 12.0. The van der Waals surface area contributed by atoms with Crippen LogP contribution in [-0.2, 0) is 12.8 Å². The van der Waals surface area contributed by atoms with Gasteiger partial charge in [0.1, 0.15) is 11.6 Å². The van der Waals surface area contributed by atoms with Gasteiger partial charge in [-0.25, -0.2) is 4.39 Å². The van der Waals surface area contributed by atoms with Gasteiger partial charge >= 0.3 is 0 Å². The Morgan fingerprint density at radius 1 is 0.977 bits per heavy atom. The molecule has 1 aliphatic carbocycles. The molecule has 0 radical (unpaired) electrons. The highest BCUT2D eigenvalue weighted by molar-refractivity contribution is 5.82. The van der Waals surface area contributed by atoms with Crippen LogP contribution < -0.4 is 19.5 Å². The van der Waals surface area contributed by atoms with Gasteiger partial charge in [0.25, 0.3) is 0 Å². The van der Waals surface area contributed by atoms with E-state index in [1.54, 1.807) is 6.07 Å². The highest BCUT2D eigenvalue weighted by Gasteiger charge is 2.34. The van der Waals surface area contributed by atoms with E-state index in [9.17, 15) is 14.6 Å². The molecular weight excluding hydrogens is 559 g/mol. The molecule has 4 aromatic carbocycles. The first-order valence-electron chi connectivity index (χ1n) is 15.3. The third kappa shape index (κ3) is 5.44. The number of hydrogen-bond acceptors (Lipinski definition) is 7. The summed E-state index contributed by atoms with van der Waals surface area (Å²) < 4.78 is 29.9. The molecule has 8 heteroatoms. The minimum Gasteiger partial charge on any atom is -0.504 e. The molecule has 8 rings (SSSR count). The molecule has 0 spiro atoms. The SMILES string of the molecule is CN1CCc2cccc3c2[C@H]1Cc1ccc(O)c(O)c1-3.Fc1ccc([C@@H]2CCNC[C@H]2COc2ccc3c(c2)OCO3)cc1. The van der Waals surface area contributed by atoms with Crippen molar-refractivity contribution in [1.82, 2.24) is 10.2 Å². The lowest BCUT2D eigenvalue weighted by atomic mass is 9.77. The van der Waals surface area contributed by atoms with Crippen LogP contribution in [0.15, 0.2) is 72.8 Å². The number of hydrogen-bond donors (Lipinski definition) is 3. The fourth-order valence-electron chi connectivity index (χ4n) is 7.09. The molecule has 4 aliphatic rings. The quantitative estimate of drug-likeness (QED) is 0.243. The van der Waals surface area contributed by atoms with Crippen molar-refractivity contribution >= 4 is 0 Å². The number of nitrogens with zero attached hydrogens (tertiary/aromatic N) is 1. The Bertz CT molecular complexity index is 1660. The molecule has 3 aliphatic heterocycles. The maximum Gasteiger partial charge on any atom is 0.231 e. The maximum absolute atomic E-state index is 13.2. The molecule has 0 unspecified atom stereocenters. The second-order valence-corrected chi connectivity index (χ2v) is 12.0. The summed E-state index contributed by atoms with van der Waals surface area (Å²) >= 11 is 0. The number of aromatic hydroxyl groups is 2. The lowest BCUT2D eigenvalue weighted by Gasteiger charge is -2.39. The zero-order valence-electron chi connectivity index (χ0n) is 24.8. The fraction of sp³-hybridized carbons (Fsp3) is 0.333. The van der Waals surface area contributed by atoms with E-state index in [2.05, 4.69) is 35.5 Å². The monoisotopic (exact) mass is 596 g/mol. The maximum atomic E-state index is 13.2. The van der Waals surface area contributed by atoms with E-state index in [1.807, 2.05) is 36.4 Å². The molecule has 3 heterocycles. The van der Waals surface area contributed by atoms with Crippen molar-refractivity contribution < 1.29 is 28.8 Å². The van der Waals surface area contributed by atoms with Gasteiger partial charge in [0.15, 0.2) is 23.0 Å². The van der Waals surface area contributed by atoms with Crippen LogP contribution in [-0.4, -0.2) is 55.2 Å². The van der Waals surface area contributed by atoms with Gasteiger partial charge in [-0.1, -0.05) is 36.4 Å². The number of piperidine rings is 1. The van der Waals surface area contributed by atoms with Crippen molar-refractivity contribution in [2.75, 3.05) is 40.1 Å². The lowest BCUT2D eigenvalue weighted by Crippen LogP contribution is -2.38. The number of likely N-dealkylation sites (N-methyl/N-ethyl adjacent to an activating group) is 1. The fourth-order valence-corrected chi connectivity index (χ4v) is 7.09. The Kier molecular flexibility index (Phi) is 7.78. The molecule has 4 aromatic rings. The summed E-state index contributed by atoms with van der Waals surface area (Å²) in [6.07, 6.45) is 2.97. The van der Waals surface area contributed by atoms with Crippen molar-refractivity contribution in [3.05, 3.63) is 101 Å². The van der Waals surface area contributed by atoms with E-state index in [-0.39, 0.29) is 24.1 Å². The van der Waals surface area contributed by atoms with Gasteiger partial charge in [-0.2, -0.15) is 0 Å². The zero-order valence-corrected chi connectivity index (χ0v) is 24.8. The Labute approximate surface area is 256 Å². The van der Waals surface area contributed by atoms with Gasteiger partial charge < -0.3 is 29.7 Å². The molecule has 228 valence electrons. The predicted molar refractivity (Wildman–Crippen MR) is 166 cm³/mol. The number of phenolic OH excluding ortho intramolecular Hbond substituents is 2. The van der Waals surface area contributed by atoms with Crippen molar-refractivity contribution in [2.24, 2.45) is 5.92 Å². The van der Waals surface area contributed by atoms with Crippen LogP contribution >= 0.6 is 0 Å². The minimum absolute atomic E-state index is 0.0163. The van der Waals surface area contributed by atoms with Crippen molar-refractivity contribution in [3.63, 3.8) is 0 Å². The number of halogens is 1. The molecular formula is C36H37FN2O5. The normalized spacial score (nSPS) is 21.5. The van der Waals surface area contributed by atoms with Gasteiger partial charge in [0.05, 0.1) is 6.61 Å².